The van der Waals surface area contributed by atoms with Crippen molar-refractivity contribution in [2.75, 3.05) is 38.8 Å². The molecule has 1 N–H and O–H groups in total. The summed E-state index contributed by atoms with van der Waals surface area (Å²) in [5.41, 5.74) is 3.70. The summed E-state index contributed by atoms with van der Waals surface area (Å²) in [6.45, 7) is 10.1. The number of hydrogen-bond donors (Lipinski definition) is 1. The monoisotopic (exact) mass is 279 g/mol. The highest BCUT2D eigenvalue weighted by atomic mass is 16.5. The Morgan fingerprint density at radius 1 is 1.35 bits per heavy atom. The summed E-state index contributed by atoms with van der Waals surface area (Å²) in [7, 11) is 3.86. The molecule has 4 heteroatoms. The van der Waals surface area contributed by atoms with E-state index in [2.05, 4.69) is 44.1 Å². The van der Waals surface area contributed by atoms with Crippen molar-refractivity contribution in [1.29, 1.82) is 0 Å². The van der Waals surface area contributed by atoms with E-state index in [1.807, 2.05) is 0 Å². The van der Waals surface area contributed by atoms with Gasteiger partial charge in [0, 0.05) is 45.1 Å². The molecule has 0 aliphatic rings. The van der Waals surface area contributed by atoms with Crippen LogP contribution in [0.4, 0.5) is 5.82 Å². The van der Waals surface area contributed by atoms with Crippen LogP contribution in [0, 0.1) is 13.8 Å². The third kappa shape index (κ3) is 5.10. The molecular formula is C16H29N3O. The highest BCUT2D eigenvalue weighted by Gasteiger charge is 2.12. The number of nitrogens with zero attached hydrogens (tertiary/aromatic N) is 2. The first kappa shape index (κ1) is 16.9. The Kier molecular flexibility index (Phi) is 7.55. The van der Waals surface area contributed by atoms with Gasteiger partial charge in [0.1, 0.15) is 5.82 Å². The fourth-order valence-electron chi connectivity index (χ4n) is 2.32. The average Bonchev–Trinajstić information content (AvgIpc) is 2.41. The standard InChI is InChI=1S/C16H29N3O/c1-6-8-17-12-15-13(2)11-14(3)18-16(15)19(4)9-7-10-20-5/h11,17H,6-10,12H2,1-5H3. The van der Waals surface area contributed by atoms with Gasteiger partial charge in [-0.3, -0.25) is 0 Å². The van der Waals surface area contributed by atoms with Gasteiger partial charge in [0.05, 0.1) is 0 Å². The van der Waals surface area contributed by atoms with Crippen LogP contribution in [0.2, 0.25) is 0 Å². The maximum Gasteiger partial charge on any atom is 0.133 e. The number of aromatic nitrogens is 1. The molecule has 0 aliphatic heterocycles. The normalized spacial score (nSPS) is 10.8. The minimum absolute atomic E-state index is 0.790. The first-order chi connectivity index (χ1) is 9.60. The second kappa shape index (κ2) is 8.93. The van der Waals surface area contributed by atoms with Gasteiger partial charge in [-0.15, -0.1) is 0 Å². The van der Waals surface area contributed by atoms with Crippen LogP contribution in [-0.2, 0) is 11.3 Å². The fourth-order valence-corrected chi connectivity index (χ4v) is 2.32. The number of nitrogens with one attached hydrogen (secondary N) is 1. The molecule has 0 saturated carbocycles. The zero-order valence-corrected chi connectivity index (χ0v) is 13.6. The van der Waals surface area contributed by atoms with Crippen molar-refractivity contribution < 1.29 is 4.74 Å². The van der Waals surface area contributed by atoms with Crippen LogP contribution in [-0.4, -0.2) is 38.8 Å². The van der Waals surface area contributed by atoms with Gasteiger partial charge in [-0.1, -0.05) is 6.92 Å². The highest BCUT2D eigenvalue weighted by molar-refractivity contribution is 5.51. The second-order valence-electron chi connectivity index (χ2n) is 5.33. The smallest absolute Gasteiger partial charge is 0.133 e. The lowest BCUT2D eigenvalue weighted by molar-refractivity contribution is 0.196. The third-order valence-electron chi connectivity index (χ3n) is 3.39. The van der Waals surface area contributed by atoms with Gasteiger partial charge in [-0.05, 0) is 44.9 Å². The molecule has 1 heterocycles. The molecule has 0 aliphatic carbocycles. The number of methoxy groups -OCH3 is 1. The molecule has 0 radical (unpaired) electrons. The number of ether oxygens (including phenoxy) is 1. The van der Waals surface area contributed by atoms with Crippen molar-refractivity contribution in [2.45, 2.75) is 40.2 Å². The lowest BCUT2D eigenvalue weighted by Gasteiger charge is -2.23. The minimum Gasteiger partial charge on any atom is -0.385 e. The van der Waals surface area contributed by atoms with Crippen molar-refractivity contribution in [3.63, 3.8) is 0 Å². The summed E-state index contributed by atoms with van der Waals surface area (Å²) in [5, 5.41) is 3.48. The van der Waals surface area contributed by atoms with E-state index in [1.165, 1.54) is 11.1 Å². The van der Waals surface area contributed by atoms with E-state index in [4.69, 9.17) is 9.72 Å². The van der Waals surface area contributed by atoms with E-state index in [9.17, 15) is 0 Å². The largest absolute Gasteiger partial charge is 0.385 e. The molecule has 1 rings (SSSR count). The summed E-state index contributed by atoms with van der Waals surface area (Å²) < 4.78 is 5.13. The van der Waals surface area contributed by atoms with Crippen molar-refractivity contribution in [1.82, 2.24) is 10.3 Å². The number of rotatable bonds is 9. The molecule has 0 unspecified atom stereocenters. The van der Waals surface area contributed by atoms with Crippen LogP contribution >= 0.6 is 0 Å². The Labute approximate surface area is 123 Å². The Bertz CT molecular complexity index is 407. The van der Waals surface area contributed by atoms with E-state index in [0.717, 1.165) is 50.6 Å². The summed E-state index contributed by atoms with van der Waals surface area (Å²) in [6.07, 6.45) is 2.17. The molecular weight excluding hydrogens is 250 g/mol. The fraction of sp³-hybridized carbons (Fsp3) is 0.688. The second-order valence-corrected chi connectivity index (χ2v) is 5.33. The maximum absolute atomic E-state index is 5.13. The van der Waals surface area contributed by atoms with Crippen molar-refractivity contribution >= 4 is 5.82 Å². The van der Waals surface area contributed by atoms with Gasteiger partial charge in [0.2, 0.25) is 0 Å². The van der Waals surface area contributed by atoms with Crippen molar-refractivity contribution in [3.05, 3.63) is 22.9 Å². The molecule has 0 atom stereocenters. The quantitative estimate of drug-likeness (QED) is 0.705. The Morgan fingerprint density at radius 2 is 2.10 bits per heavy atom. The van der Waals surface area contributed by atoms with Gasteiger partial charge in [0.15, 0.2) is 0 Å². The maximum atomic E-state index is 5.13. The van der Waals surface area contributed by atoms with E-state index < -0.39 is 0 Å². The van der Waals surface area contributed by atoms with Crippen LogP contribution in [0.25, 0.3) is 0 Å². The molecule has 114 valence electrons. The van der Waals surface area contributed by atoms with E-state index in [-0.39, 0.29) is 0 Å². The van der Waals surface area contributed by atoms with Gasteiger partial charge in [0.25, 0.3) is 0 Å². The van der Waals surface area contributed by atoms with Gasteiger partial charge in [-0.25, -0.2) is 4.98 Å². The number of pyridine rings is 1. The SMILES string of the molecule is CCCNCc1c(C)cc(C)nc1N(C)CCCOC. The Morgan fingerprint density at radius 3 is 2.75 bits per heavy atom. The molecule has 0 spiro atoms. The summed E-state index contributed by atoms with van der Waals surface area (Å²) >= 11 is 0. The van der Waals surface area contributed by atoms with E-state index in [0.29, 0.717) is 0 Å². The van der Waals surface area contributed by atoms with Crippen LogP contribution < -0.4 is 10.2 Å². The number of anilines is 1. The number of aryl methyl sites for hydroxylation is 2. The first-order valence-electron chi connectivity index (χ1n) is 7.48. The van der Waals surface area contributed by atoms with Gasteiger partial charge < -0.3 is 15.0 Å². The third-order valence-corrected chi connectivity index (χ3v) is 3.39. The predicted molar refractivity (Wildman–Crippen MR) is 85.5 cm³/mol. The molecule has 0 fully saturated rings. The predicted octanol–water partition coefficient (Wildman–Crippen LogP) is 2.67. The molecule has 0 aromatic carbocycles. The summed E-state index contributed by atoms with van der Waals surface area (Å²) in [5.74, 6) is 1.10. The lowest BCUT2D eigenvalue weighted by atomic mass is 10.1. The topological polar surface area (TPSA) is 37.4 Å². The molecule has 4 nitrogen and oxygen atoms in total. The Balaban J connectivity index is 2.84. The molecule has 1 aromatic heterocycles. The first-order valence-corrected chi connectivity index (χ1v) is 7.48. The number of hydrogen-bond acceptors (Lipinski definition) is 4. The van der Waals surface area contributed by atoms with Gasteiger partial charge >= 0.3 is 0 Å². The summed E-state index contributed by atoms with van der Waals surface area (Å²) in [6, 6.07) is 2.16. The van der Waals surface area contributed by atoms with Gasteiger partial charge in [-0.2, -0.15) is 0 Å². The highest BCUT2D eigenvalue weighted by Crippen LogP contribution is 2.22. The van der Waals surface area contributed by atoms with Crippen LogP contribution in [0.5, 0.6) is 0 Å². The van der Waals surface area contributed by atoms with Crippen molar-refractivity contribution in [2.24, 2.45) is 0 Å². The molecule has 0 bridgehead atoms. The Hall–Kier alpha value is -1.13. The van der Waals surface area contributed by atoms with Crippen LogP contribution in [0.15, 0.2) is 6.07 Å². The molecule has 0 amide bonds. The van der Waals surface area contributed by atoms with E-state index in [1.54, 1.807) is 7.11 Å². The zero-order chi connectivity index (χ0) is 15.0. The van der Waals surface area contributed by atoms with Crippen LogP contribution in [0.1, 0.15) is 36.6 Å². The lowest BCUT2D eigenvalue weighted by Crippen LogP contribution is -2.25. The zero-order valence-electron chi connectivity index (χ0n) is 13.6. The van der Waals surface area contributed by atoms with Crippen molar-refractivity contribution in [3.8, 4) is 0 Å². The summed E-state index contributed by atoms with van der Waals surface area (Å²) in [4.78, 5) is 6.97. The molecule has 20 heavy (non-hydrogen) atoms. The molecule has 1 aromatic rings. The average molecular weight is 279 g/mol. The minimum atomic E-state index is 0.790. The van der Waals surface area contributed by atoms with E-state index >= 15 is 0 Å². The molecule has 0 saturated heterocycles. The van der Waals surface area contributed by atoms with Crippen LogP contribution in [0.3, 0.4) is 0 Å².